The minimum Gasteiger partial charge on any atom is -0.493 e. The molecule has 0 unspecified atom stereocenters. The second-order valence-corrected chi connectivity index (χ2v) is 19.1. The lowest BCUT2D eigenvalue weighted by Crippen LogP contribution is -2.03. The van der Waals surface area contributed by atoms with Gasteiger partial charge in [0.25, 0.3) is 0 Å². The van der Waals surface area contributed by atoms with E-state index >= 15 is 0 Å². The smallest absolute Gasteiger partial charge is 0.151 e. The van der Waals surface area contributed by atoms with Gasteiger partial charge in [0.1, 0.15) is 23.0 Å². The molecule has 0 radical (unpaired) electrons. The van der Waals surface area contributed by atoms with E-state index in [1.807, 2.05) is 48.5 Å². The molecule has 0 aliphatic heterocycles. The number of hydrogen-bond acceptors (Lipinski definition) is 8. The Bertz CT molecular complexity index is 2160. The Morgan fingerprint density at radius 1 is 0.314 bits per heavy atom. The van der Waals surface area contributed by atoms with Gasteiger partial charge in [0.2, 0.25) is 0 Å². The molecule has 0 saturated heterocycles. The number of carbonyl (C=O) groups is 4. The molecule has 0 aliphatic carbocycles. The Morgan fingerprint density at radius 2 is 0.586 bits per heavy atom. The number of fused-ring (bicyclic) bond motifs is 2. The molecule has 70 heavy (non-hydrogen) atoms. The van der Waals surface area contributed by atoms with Gasteiger partial charge < -0.3 is 18.9 Å². The Kier molecular flexibility index (Phi) is 25.1. The molecule has 0 N–H and O–H groups in total. The number of aldehydes is 4. The highest BCUT2D eigenvalue weighted by Gasteiger charge is 2.22. The van der Waals surface area contributed by atoms with Crippen LogP contribution in [-0.4, -0.2) is 51.6 Å². The maximum atomic E-state index is 13.2. The van der Waals surface area contributed by atoms with Gasteiger partial charge in [-0.25, -0.2) is 0 Å². The summed E-state index contributed by atoms with van der Waals surface area (Å²) in [6.45, 7) is 11.0. The SMILES string of the molecule is CCCCCCCCOc1cc(OCCCCCCCC)cc(-c2c(C=O)c(C=O)cc3cc4c(-c5cc(OCCCCCCCC)cc(OCCCCCCCC)c5)c(C=O)c(C=O)cc4cc23)c1. The monoisotopic (exact) mass is 955 g/mol. The second kappa shape index (κ2) is 31.7. The van der Waals surface area contributed by atoms with E-state index in [1.165, 1.54) is 103 Å². The van der Waals surface area contributed by atoms with Gasteiger partial charge in [-0.15, -0.1) is 0 Å². The molecule has 0 spiro atoms. The van der Waals surface area contributed by atoms with E-state index in [9.17, 15) is 19.2 Å². The number of carbonyl (C=O) groups excluding carboxylic acids is 4. The molecular formula is C62H82O8. The molecule has 378 valence electrons. The number of unbranched alkanes of at least 4 members (excludes halogenated alkanes) is 20. The van der Waals surface area contributed by atoms with E-state index in [0.717, 1.165) is 76.5 Å². The van der Waals surface area contributed by atoms with Gasteiger partial charge in [0.15, 0.2) is 25.1 Å². The Morgan fingerprint density at radius 3 is 0.843 bits per heavy atom. The van der Waals surface area contributed by atoms with E-state index in [1.54, 1.807) is 12.1 Å². The third-order valence-corrected chi connectivity index (χ3v) is 13.4. The summed E-state index contributed by atoms with van der Waals surface area (Å²) in [6, 6.07) is 18.9. The quantitative estimate of drug-likeness (QED) is 0.0219. The largest absolute Gasteiger partial charge is 0.493 e. The molecule has 8 heteroatoms. The van der Waals surface area contributed by atoms with Gasteiger partial charge in [-0.1, -0.05) is 156 Å². The van der Waals surface area contributed by atoms with Crippen molar-refractivity contribution in [2.75, 3.05) is 26.4 Å². The van der Waals surface area contributed by atoms with Crippen molar-refractivity contribution in [3.8, 4) is 45.3 Å². The molecule has 0 aromatic heterocycles. The van der Waals surface area contributed by atoms with Crippen molar-refractivity contribution in [2.24, 2.45) is 0 Å². The zero-order valence-corrected chi connectivity index (χ0v) is 43.1. The zero-order valence-electron chi connectivity index (χ0n) is 43.1. The van der Waals surface area contributed by atoms with Crippen LogP contribution in [-0.2, 0) is 0 Å². The number of hydrogen-bond donors (Lipinski definition) is 0. The van der Waals surface area contributed by atoms with E-state index in [0.29, 0.717) is 93.2 Å². The first-order chi connectivity index (χ1) is 34.4. The van der Waals surface area contributed by atoms with E-state index in [-0.39, 0.29) is 22.3 Å². The van der Waals surface area contributed by atoms with Crippen LogP contribution < -0.4 is 18.9 Å². The van der Waals surface area contributed by atoms with Crippen molar-refractivity contribution in [1.29, 1.82) is 0 Å². The second-order valence-electron chi connectivity index (χ2n) is 19.1. The summed E-state index contributed by atoms with van der Waals surface area (Å²) in [5.41, 5.74) is 3.46. The minimum atomic E-state index is 0.238. The standard InChI is InChI=1S/C62H82O8/c1-5-9-13-17-21-25-29-67-53-35-49(36-54(41-53)68-30-26-22-18-14-10-6-2)61-57-39-48-34-52(44-64)60(46-66)62(58(48)40-47(57)33-51(43-63)59(61)45-65)50-37-55(69-31-27-23-19-15-11-7-3)42-56(38-50)70-32-28-24-20-16-12-8-4/h33-46H,5-32H2,1-4H3. The third kappa shape index (κ3) is 16.8. The highest BCUT2D eigenvalue weighted by molar-refractivity contribution is 6.17. The molecule has 5 rings (SSSR count). The maximum absolute atomic E-state index is 13.2. The van der Waals surface area contributed by atoms with Crippen LogP contribution >= 0.6 is 0 Å². The molecular weight excluding hydrogens is 873 g/mol. The average molecular weight is 955 g/mol. The summed E-state index contributed by atoms with van der Waals surface area (Å²) >= 11 is 0. The lowest BCUT2D eigenvalue weighted by Gasteiger charge is -2.19. The fourth-order valence-electron chi connectivity index (χ4n) is 9.50. The van der Waals surface area contributed by atoms with Crippen LogP contribution in [0.1, 0.15) is 223 Å². The van der Waals surface area contributed by atoms with Crippen LogP contribution in [0.15, 0.2) is 60.7 Å². The van der Waals surface area contributed by atoms with Crippen LogP contribution in [0.3, 0.4) is 0 Å². The first-order valence-electron chi connectivity index (χ1n) is 27.2. The van der Waals surface area contributed by atoms with Crippen LogP contribution in [0, 0.1) is 0 Å². The van der Waals surface area contributed by atoms with Crippen molar-refractivity contribution in [1.82, 2.24) is 0 Å². The fourth-order valence-corrected chi connectivity index (χ4v) is 9.50. The van der Waals surface area contributed by atoms with Gasteiger partial charge in [0, 0.05) is 45.5 Å². The van der Waals surface area contributed by atoms with Crippen molar-refractivity contribution in [3.05, 3.63) is 82.9 Å². The Balaban J connectivity index is 1.62. The molecule has 0 bridgehead atoms. The summed E-state index contributed by atoms with van der Waals surface area (Å²) in [6.07, 6.45) is 30.2. The molecule has 0 saturated carbocycles. The van der Waals surface area contributed by atoms with Gasteiger partial charge >= 0.3 is 0 Å². The van der Waals surface area contributed by atoms with E-state index in [2.05, 4.69) is 27.7 Å². The van der Waals surface area contributed by atoms with Crippen molar-refractivity contribution < 1.29 is 38.1 Å². The molecule has 0 aliphatic rings. The molecule has 8 nitrogen and oxygen atoms in total. The maximum Gasteiger partial charge on any atom is 0.151 e. The van der Waals surface area contributed by atoms with Gasteiger partial charge in [-0.3, -0.25) is 19.2 Å². The molecule has 0 heterocycles. The minimum absolute atomic E-state index is 0.238. The van der Waals surface area contributed by atoms with E-state index < -0.39 is 0 Å². The predicted octanol–water partition coefficient (Wildman–Crippen LogP) is 17.5. The van der Waals surface area contributed by atoms with E-state index in [4.69, 9.17) is 18.9 Å². The van der Waals surface area contributed by atoms with Crippen LogP contribution in [0.5, 0.6) is 23.0 Å². The van der Waals surface area contributed by atoms with Crippen molar-refractivity contribution in [2.45, 2.75) is 182 Å². The average Bonchev–Trinajstić information content (AvgIpc) is 3.37. The van der Waals surface area contributed by atoms with Gasteiger partial charge in [-0.2, -0.15) is 0 Å². The Labute approximate surface area is 419 Å². The summed E-state index contributed by atoms with van der Waals surface area (Å²) in [4.78, 5) is 52.2. The predicted molar refractivity (Wildman–Crippen MR) is 289 cm³/mol. The molecule has 0 atom stereocenters. The summed E-state index contributed by atoms with van der Waals surface area (Å²) < 4.78 is 25.6. The zero-order chi connectivity index (χ0) is 49.8. The number of benzene rings is 5. The third-order valence-electron chi connectivity index (χ3n) is 13.4. The first-order valence-corrected chi connectivity index (χ1v) is 27.2. The van der Waals surface area contributed by atoms with Crippen molar-refractivity contribution >= 4 is 46.7 Å². The lowest BCUT2D eigenvalue weighted by atomic mass is 9.85. The molecule has 0 amide bonds. The summed E-state index contributed by atoms with van der Waals surface area (Å²) in [7, 11) is 0. The molecule has 5 aromatic carbocycles. The highest BCUT2D eigenvalue weighted by Crippen LogP contribution is 2.43. The Hall–Kier alpha value is -5.50. The van der Waals surface area contributed by atoms with Crippen LogP contribution in [0.2, 0.25) is 0 Å². The summed E-state index contributed by atoms with van der Waals surface area (Å²) in [5, 5.41) is 2.79. The first kappa shape index (κ1) is 55.4. The molecule has 0 fully saturated rings. The van der Waals surface area contributed by atoms with Crippen LogP contribution in [0.25, 0.3) is 43.8 Å². The van der Waals surface area contributed by atoms with Gasteiger partial charge in [-0.05, 0) is 107 Å². The fraction of sp³-hybridized carbons (Fsp3) is 0.516. The molecule has 5 aromatic rings. The lowest BCUT2D eigenvalue weighted by molar-refractivity contribution is 0.109. The van der Waals surface area contributed by atoms with Crippen molar-refractivity contribution in [3.63, 3.8) is 0 Å². The number of rotatable bonds is 38. The summed E-state index contributed by atoms with van der Waals surface area (Å²) in [5.74, 6) is 2.50. The number of ether oxygens (including phenoxy) is 4. The topological polar surface area (TPSA) is 105 Å². The van der Waals surface area contributed by atoms with Gasteiger partial charge in [0.05, 0.1) is 26.4 Å². The normalized spacial score (nSPS) is 11.3. The van der Waals surface area contributed by atoms with Crippen LogP contribution in [0.4, 0.5) is 0 Å². The highest BCUT2D eigenvalue weighted by atomic mass is 16.5.